The van der Waals surface area contributed by atoms with Crippen molar-refractivity contribution in [2.75, 3.05) is 90.7 Å². The number of nitrogens with one attached hydrogen (secondary N) is 2. The highest BCUT2D eigenvalue weighted by Gasteiger charge is 2.17. The number of ketones is 1. The molecule has 276 valence electrons. The molecule has 2 amide bonds. The first-order valence-corrected chi connectivity index (χ1v) is 18.2. The predicted octanol–water partition coefficient (Wildman–Crippen LogP) is 4.79. The first-order chi connectivity index (χ1) is 24.2. The summed E-state index contributed by atoms with van der Waals surface area (Å²) >= 11 is 0. The van der Waals surface area contributed by atoms with Crippen molar-refractivity contribution in [3.8, 4) is 0 Å². The van der Waals surface area contributed by atoms with E-state index >= 15 is 0 Å². The third kappa shape index (κ3) is 15.0. The zero-order valence-electron chi connectivity index (χ0n) is 31.1. The van der Waals surface area contributed by atoms with E-state index in [1.807, 2.05) is 0 Å². The topological polar surface area (TPSA) is 113 Å². The van der Waals surface area contributed by atoms with Crippen LogP contribution in [0.3, 0.4) is 0 Å². The lowest BCUT2D eigenvalue weighted by Crippen LogP contribution is -2.36. The third-order valence-corrected chi connectivity index (χ3v) is 8.49. The van der Waals surface area contributed by atoms with E-state index in [1.165, 1.54) is 40.1 Å². The van der Waals surface area contributed by atoms with Crippen molar-refractivity contribution in [1.29, 1.82) is 0 Å². The van der Waals surface area contributed by atoms with Gasteiger partial charge in [0.25, 0.3) is 0 Å². The molecule has 0 unspecified atom stereocenters. The van der Waals surface area contributed by atoms with E-state index in [0.717, 1.165) is 38.6 Å². The second-order valence-corrected chi connectivity index (χ2v) is 13.2. The van der Waals surface area contributed by atoms with Gasteiger partial charge in [-0.3, -0.25) is 9.59 Å². The van der Waals surface area contributed by atoms with Crippen LogP contribution in [0.2, 0.25) is 0 Å². The predicted molar refractivity (Wildman–Crippen MR) is 201 cm³/mol. The van der Waals surface area contributed by atoms with Gasteiger partial charge in [-0.1, -0.05) is 0 Å². The maximum absolute atomic E-state index is 12.4. The summed E-state index contributed by atoms with van der Waals surface area (Å²) in [6, 6.07) is 15.6. The van der Waals surface area contributed by atoms with Crippen molar-refractivity contribution in [3.05, 3.63) is 42.5 Å². The van der Waals surface area contributed by atoms with Gasteiger partial charge < -0.3 is 39.4 Å². The first kappa shape index (κ1) is 40.6. The Morgan fingerprint density at radius 3 is 1.54 bits per heavy atom. The maximum Gasteiger partial charge on any atom is 0.220 e. The molecule has 0 bridgehead atoms. The van der Waals surface area contributed by atoms with Crippen molar-refractivity contribution in [3.63, 3.8) is 0 Å². The van der Waals surface area contributed by atoms with Crippen molar-refractivity contribution in [2.45, 2.75) is 71.3 Å². The molecule has 0 spiro atoms. The Hall–Kier alpha value is -3.80. The Kier molecular flexibility index (Phi) is 18.5. The van der Waals surface area contributed by atoms with Crippen molar-refractivity contribution >= 4 is 50.8 Å². The fourth-order valence-corrected chi connectivity index (χ4v) is 5.62. The monoisotopic (exact) mass is 694 g/mol. The summed E-state index contributed by atoms with van der Waals surface area (Å²) in [6.07, 6.45) is 6.29. The summed E-state index contributed by atoms with van der Waals surface area (Å²) in [5, 5.41) is 8.31. The molecule has 11 nitrogen and oxygen atoms in total. The van der Waals surface area contributed by atoms with Crippen molar-refractivity contribution in [1.82, 2.24) is 10.6 Å². The Bertz CT molecular complexity index is 1430. The van der Waals surface area contributed by atoms with E-state index in [1.54, 1.807) is 0 Å². The summed E-state index contributed by atoms with van der Waals surface area (Å²) in [5.41, 5.74) is 4.81. The zero-order valence-corrected chi connectivity index (χ0v) is 31.1. The van der Waals surface area contributed by atoms with Gasteiger partial charge in [-0.15, -0.1) is 0 Å². The van der Waals surface area contributed by atoms with Gasteiger partial charge in [0.1, 0.15) is 12.3 Å². The second-order valence-electron chi connectivity index (χ2n) is 13.2. The quantitative estimate of drug-likeness (QED) is 0.0701. The Morgan fingerprint density at radius 2 is 1.06 bits per heavy atom. The Morgan fingerprint density at radius 1 is 0.580 bits per heavy atom. The highest BCUT2D eigenvalue weighted by Crippen LogP contribution is 2.25. The number of nitrogens with zero attached hydrogens (tertiary/aromatic N) is 3. The number of carbonyl (C=O) groups is 3. The van der Waals surface area contributed by atoms with Crippen LogP contribution in [-0.4, -0.2) is 98.5 Å². The minimum Gasteiger partial charge on any atom is -0.379 e. The van der Waals surface area contributed by atoms with E-state index in [4.69, 9.17) is 14.2 Å². The van der Waals surface area contributed by atoms with E-state index in [9.17, 15) is 14.4 Å². The van der Waals surface area contributed by atoms with Crippen LogP contribution in [0.25, 0.3) is 21.8 Å². The third-order valence-electron chi connectivity index (χ3n) is 8.49. The van der Waals surface area contributed by atoms with Gasteiger partial charge in [-0.25, -0.2) is 0 Å². The van der Waals surface area contributed by atoms with E-state index < -0.39 is 0 Å². The highest BCUT2D eigenvalue weighted by atomic mass is 16.5. The normalized spacial score (nSPS) is 11.2. The molecule has 0 aliphatic carbocycles. The van der Waals surface area contributed by atoms with Crippen LogP contribution < -0.4 is 25.0 Å². The molecule has 2 N–H and O–H groups in total. The van der Waals surface area contributed by atoms with Crippen LogP contribution in [-0.2, 0) is 35.1 Å². The van der Waals surface area contributed by atoms with Crippen molar-refractivity contribution < 1.29 is 33.2 Å². The molecule has 0 atom stereocenters. The molecular formula is C39H60N5O6+. The number of hydrogen-bond donors (Lipinski definition) is 2. The minimum atomic E-state index is -0.0252. The van der Waals surface area contributed by atoms with Gasteiger partial charge >= 0.3 is 0 Å². The molecule has 0 saturated carbocycles. The molecule has 0 aliphatic rings. The van der Waals surface area contributed by atoms with Gasteiger partial charge in [0.2, 0.25) is 22.8 Å². The number of benzene rings is 2. The summed E-state index contributed by atoms with van der Waals surface area (Å²) in [5.74, 6) is 0.177. The number of aromatic nitrogens is 1. The number of Topliss-reactive ketones (excluding diaryl/α,β-unsaturated/α-hetero) is 1. The first-order valence-electron chi connectivity index (χ1n) is 18.2. The van der Waals surface area contributed by atoms with Crippen LogP contribution in [0.5, 0.6) is 0 Å². The van der Waals surface area contributed by atoms with Gasteiger partial charge in [-0.05, 0) is 69.4 Å². The number of anilines is 2. The maximum atomic E-state index is 12.4. The molecule has 1 aromatic heterocycles. The number of pyridine rings is 1. The smallest absolute Gasteiger partial charge is 0.220 e. The Labute approximate surface area is 298 Å². The number of amides is 2. The molecule has 2 aromatic carbocycles. The SMILES string of the molecule is CC(=O)CCCC(=O)NCCCOCCOCCOCCCNC(=O)CCCCC[n+]1c2cc(N(C)C)ccc2cc2ccc(N(C)C)cc21. The average Bonchev–Trinajstić information content (AvgIpc) is 3.08. The van der Waals surface area contributed by atoms with Crippen LogP contribution >= 0.6 is 0 Å². The van der Waals surface area contributed by atoms with Crippen molar-refractivity contribution in [2.24, 2.45) is 0 Å². The largest absolute Gasteiger partial charge is 0.379 e. The zero-order chi connectivity index (χ0) is 36.1. The van der Waals surface area contributed by atoms with Gasteiger partial charge in [0.15, 0.2) is 0 Å². The minimum absolute atomic E-state index is 0.0252. The van der Waals surface area contributed by atoms with E-state index in [0.29, 0.717) is 78.4 Å². The number of carbonyl (C=O) groups excluding carboxylic acids is 3. The van der Waals surface area contributed by atoms with E-state index in [2.05, 4.69) is 95.7 Å². The molecule has 50 heavy (non-hydrogen) atoms. The van der Waals surface area contributed by atoms with Gasteiger partial charge in [-0.2, -0.15) is 4.57 Å². The van der Waals surface area contributed by atoms with Gasteiger partial charge in [0.05, 0.1) is 26.4 Å². The standard InChI is InChI=1S/C39H59N5O6/c1-31(45)12-9-14-39(47)41-20-11-23-49-25-27-50-26-24-48-22-10-19-40-38(46)13-7-6-8-21-44-36-29-34(42(2)3)17-15-32(36)28-33-16-18-35(43(4)5)30-37(33)44/h15-18,28-30H,6-14,19-27H2,1-5H3,(H-,40,41,46,47)/p+1. The number of hydrogen-bond acceptors (Lipinski definition) is 8. The highest BCUT2D eigenvalue weighted by molar-refractivity contribution is 5.91. The van der Waals surface area contributed by atoms with Crippen LogP contribution in [0, 0.1) is 0 Å². The molecule has 1 heterocycles. The van der Waals surface area contributed by atoms with Crippen LogP contribution in [0.1, 0.15) is 64.7 Å². The number of ether oxygens (including phenoxy) is 3. The molecule has 11 heteroatoms. The molecule has 0 aliphatic heterocycles. The lowest BCUT2D eigenvalue weighted by atomic mass is 10.1. The summed E-state index contributed by atoms with van der Waals surface area (Å²) in [4.78, 5) is 39.2. The number of unbranched alkanes of at least 4 members (excludes halogenated alkanes) is 2. The van der Waals surface area contributed by atoms with Crippen LogP contribution in [0.15, 0.2) is 42.5 Å². The lowest BCUT2D eigenvalue weighted by Gasteiger charge is -2.15. The lowest BCUT2D eigenvalue weighted by molar-refractivity contribution is -0.645. The molecule has 3 rings (SSSR count). The number of fused-ring (bicyclic) bond motifs is 2. The Balaban J connectivity index is 1.21. The average molecular weight is 695 g/mol. The summed E-state index contributed by atoms with van der Waals surface area (Å²) < 4.78 is 19.1. The molecule has 3 aromatic rings. The second kappa shape index (κ2) is 22.8. The fourth-order valence-electron chi connectivity index (χ4n) is 5.62. The fraction of sp³-hybridized carbons (Fsp3) is 0.590. The molecule has 0 saturated heterocycles. The molecular weight excluding hydrogens is 634 g/mol. The number of aryl methyl sites for hydroxylation is 1. The summed E-state index contributed by atoms with van der Waals surface area (Å²) in [6.45, 7) is 6.70. The van der Waals surface area contributed by atoms with E-state index in [-0.39, 0.29) is 17.6 Å². The van der Waals surface area contributed by atoms with Crippen LogP contribution in [0.4, 0.5) is 11.4 Å². The molecule has 0 fully saturated rings. The van der Waals surface area contributed by atoms with Gasteiger partial charge in [0, 0.05) is 114 Å². The summed E-state index contributed by atoms with van der Waals surface area (Å²) in [7, 11) is 8.29. The molecule has 0 radical (unpaired) electrons. The number of rotatable bonds is 26.